The van der Waals surface area contributed by atoms with Gasteiger partial charge in [0.05, 0.1) is 17.6 Å². The van der Waals surface area contributed by atoms with E-state index in [9.17, 15) is 14.9 Å². The Bertz CT molecular complexity index is 510. The van der Waals surface area contributed by atoms with Crippen molar-refractivity contribution in [1.29, 1.82) is 0 Å². The highest BCUT2D eigenvalue weighted by Gasteiger charge is 2.17. The predicted molar refractivity (Wildman–Crippen MR) is 82.0 cm³/mol. The molecule has 0 aliphatic heterocycles. The second-order valence-electron chi connectivity index (χ2n) is 4.42. The third-order valence-corrected chi connectivity index (χ3v) is 3.33. The van der Waals surface area contributed by atoms with E-state index in [0.717, 1.165) is 0 Å². The zero-order valence-electron chi connectivity index (χ0n) is 11.9. The Morgan fingerprint density at radius 1 is 1.52 bits per heavy atom. The van der Waals surface area contributed by atoms with Crippen LogP contribution < -0.4 is 10.6 Å². The van der Waals surface area contributed by atoms with Gasteiger partial charge in [0, 0.05) is 36.3 Å². The number of benzene rings is 1. The molecule has 0 saturated heterocycles. The van der Waals surface area contributed by atoms with Gasteiger partial charge in [-0.3, -0.25) is 14.9 Å². The molecule has 1 rings (SSSR count). The number of rotatable bonds is 8. The van der Waals surface area contributed by atoms with Crippen molar-refractivity contribution < 1.29 is 14.5 Å². The van der Waals surface area contributed by atoms with Crippen LogP contribution in [0.5, 0.6) is 0 Å². The lowest BCUT2D eigenvalue weighted by atomic mass is 10.1. The van der Waals surface area contributed by atoms with E-state index in [-0.39, 0.29) is 18.1 Å². The Morgan fingerprint density at radius 3 is 2.86 bits per heavy atom. The van der Waals surface area contributed by atoms with Crippen molar-refractivity contribution in [2.45, 2.75) is 19.5 Å². The van der Waals surface area contributed by atoms with Crippen LogP contribution in [0.2, 0.25) is 0 Å². The first kappa shape index (κ1) is 17.5. The number of nitro groups is 1. The Balaban J connectivity index is 2.58. The van der Waals surface area contributed by atoms with Crippen LogP contribution in [0.4, 0.5) is 5.69 Å². The lowest BCUT2D eigenvalue weighted by molar-refractivity contribution is -0.385. The maximum Gasteiger partial charge on any atom is 0.275 e. The van der Waals surface area contributed by atoms with Crippen LogP contribution >= 0.6 is 15.9 Å². The molecule has 2 N–H and O–H groups in total. The van der Waals surface area contributed by atoms with Crippen LogP contribution in [0.25, 0.3) is 0 Å². The average Bonchev–Trinajstić information content (AvgIpc) is 2.45. The molecular formula is C13H18BrN3O4. The third-order valence-electron chi connectivity index (χ3n) is 2.84. The summed E-state index contributed by atoms with van der Waals surface area (Å²) >= 11 is 3.20. The molecule has 1 atom stereocenters. The number of nitrogens with one attached hydrogen (secondary N) is 2. The number of nitrogens with zero attached hydrogens (tertiary/aromatic N) is 1. The van der Waals surface area contributed by atoms with E-state index in [1.807, 2.05) is 0 Å². The summed E-state index contributed by atoms with van der Waals surface area (Å²) in [6.07, 6.45) is 0. The van der Waals surface area contributed by atoms with E-state index in [4.69, 9.17) is 4.74 Å². The third kappa shape index (κ3) is 5.78. The number of hydrogen-bond donors (Lipinski definition) is 2. The van der Waals surface area contributed by atoms with Gasteiger partial charge in [0.25, 0.3) is 5.69 Å². The maximum atomic E-state index is 11.7. The minimum absolute atomic E-state index is 0.0175. The van der Waals surface area contributed by atoms with Gasteiger partial charge in [-0.2, -0.15) is 0 Å². The number of methoxy groups -OCH3 is 1. The van der Waals surface area contributed by atoms with Crippen molar-refractivity contribution in [2.24, 2.45) is 0 Å². The molecule has 21 heavy (non-hydrogen) atoms. The Kier molecular flexibility index (Phi) is 7.27. The standard InChI is InChI=1S/C13H18BrN3O4/c1-9(13(18)15-5-6-21-2)16-8-10-3-4-11(14)7-12(10)17(19)20/h3-4,7,9,16H,5-6,8H2,1-2H3,(H,15,18). The molecule has 0 bridgehead atoms. The van der Waals surface area contributed by atoms with Crippen LogP contribution in [0, 0.1) is 10.1 Å². The number of carbonyl (C=O) groups is 1. The molecule has 0 aliphatic rings. The van der Waals surface area contributed by atoms with Gasteiger partial charge in [-0.05, 0) is 19.1 Å². The molecule has 0 saturated carbocycles. The molecule has 0 spiro atoms. The van der Waals surface area contributed by atoms with Crippen LogP contribution in [0.1, 0.15) is 12.5 Å². The van der Waals surface area contributed by atoms with Crippen LogP contribution in [-0.2, 0) is 16.1 Å². The number of amides is 1. The molecule has 0 aromatic heterocycles. The van der Waals surface area contributed by atoms with Crippen LogP contribution in [0.3, 0.4) is 0 Å². The molecule has 0 fully saturated rings. The van der Waals surface area contributed by atoms with Gasteiger partial charge in [-0.15, -0.1) is 0 Å². The highest BCUT2D eigenvalue weighted by atomic mass is 79.9. The quantitative estimate of drug-likeness (QED) is 0.417. The van der Waals surface area contributed by atoms with Crippen LogP contribution in [0.15, 0.2) is 22.7 Å². The lowest BCUT2D eigenvalue weighted by Crippen LogP contribution is -2.42. The molecule has 1 aromatic carbocycles. The first-order valence-electron chi connectivity index (χ1n) is 6.38. The first-order valence-corrected chi connectivity index (χ1v) is 7.18. The van der Waals surface area contributed by atoms with Crippen molar-refractivity contribution in [3.63, 3.8) is 0 Å². The molecule has 0 heterocycles. The lowest BCUT2D eigenvalue weighted by Gasteiger charge is -2.14. The monoisotopic (exact) mass is 359 g/mol. The number of hydrogen-bond acceptors (Lipinski definition) is 5. The smallest absolute Gasteiger partial charge is 0.275 e. The van der Waals surface area contributed by atoms with Crippen molar-refractivity contribution in [3.8, 4) is 0 Å². The molecular weight excluding hydrogens is 342 g/mol. The fourth-order valence-electron chi connectivity index (χ4n) is 1.64. The highest BCUT2D eigenvalue weighted by Crippen LogP contribution is 2.23. The van der Waals surface area contributed by atoms with E-state index >= 15 is 0 Å². The number of ether oxygens (including phenoxy) is 1. The van der Waals surface area contributed by atoms with E-state index in [1.54, 1.807) is 26.2 Å². The molecule has 7 nitrogen and oxygen atoms in total. The van der Waals surface area contributed by atoms with E-state index in [2.05, 4.69) is 26.6 Å². The summed E-state index contributed by atoms with van der Waals surface area (Å²) in [6, 6.07) is 4.38. The summed E-state index contributed by atoms with van der Waals surface area (Å²) in [4.78, 5) is 22.3. The van der Waals surface area contributed by atoms with Gasteiger partial charge in [-0.25, -0.2) is 0 Å². The molecule has 1 amide bonds. The Morgan fingerprint density at radius 2 is 2.24 bits per heavy atom. The molecule has 8 heteroatoms. The van der Waals surface area contributed by atoms with Gasteiger partial charge in [-0.1, -0.05) is 15.9 Å². The second kappa shape index (κ2) is 8.71. The largest absolute Gasteiger partial charge is 0.383 e. The van der Waals surface area contributed by atoms with Crippen molar-refractivity contribution in [1.82, 2.24) is 10.6 Å². The Labute approximate surface area is 131 Å². The fourth-order valence-corrected chi connectivity index (χ4v) is 1.99. The van der Waals surface area contributed by atoms with Crippen molar-refractivity contribution in [2.75, 3.05) is 20.3 Å². The minimum atomic E-state index is -0.454. The molecule has 1 unspecified atom stereocenters. The minimum Gasteiger partial charge on any atom is -0.383 e. The highest BCUT2D eigenvalue weighted by molar-refractivity contribution is 9.10. The number of halogens is 1. The van der Waals surface area contributed by atoms with Crippen LogP contribution in [-0.4, -0.2) is 37.1 Å². The SMILES string of the molecule is COCCNC(=O)C(C)NCc1ccc(Br)cc1[N+](=O)[O-]. The van der Waals surface area contributed by atoms with E-state index < -0.39 is 11.0 Å². The summed E-state index contributed by atoms with van der Waals surface area (Å²) in [5.41, 5.74) is 0.545. The molecule has 1 aromatic rings. The summed E-state index contributed by atoms with van der Waals surface area (Å²) < 4.78 is 5.48. The number of nitro benzene ring substituents is 1. The summed E-state index contributed by atoms with van der Waals surface area (Å²) in [5, 5.41) is 16.7. The molecule has 0 radical (unpaired) electrons. The fraction of sp³-hybridized carbons (Fsp3) is 0.462. The molecule has 116 valence electrons. The summed E-state index contributed by atoms with van der Waals surface area (Å²) in [5.74, 6) is -0.174. The average molecular weight is 360 g/mol. The first-order chi connectivity index (χ1) is 9.95. The summed E-state index contributed by atoms with van der Waals surface area (Å²) in [6.45, 7) is 2.81. The maximum absolute atomic E-state index is 11.7. The zero-order chi connectivity index (χ0) is 15.8. The van der Waals surface area contributed by atoms with Gasteiger partial charge in [0.15, 0.2) is 0 Å². The van der Waals surface area contributed by atoms with Gasteiger partial charge in [0.1, 0.15) is 0 Å². The predicted octanol–water partition coefficient (Wildman–Crippen LogP) is 1.60. The van der Waals surface area contributed by atoms with Gasteiger partial charge in [0.2, 0.25) is 5.91 Å². The van der Waals surface area contributed by atoms with E-state index in [1.165, 1.54) is 6.07 Å². The topological polar surface area (TPSA) is 93.5 Å². The normalized spacial score (nSPS) is 12.0. The van der Waals surface area contributed by atoms with Crippen molar-refractivity contribution in [3.05, 3.63) is 38.3 Å². The molecule has 0 aliphatic carbocycles. The van der Waals surface area contributed by atoms with Crippen molar-refractivity contribution >= 4 is 27.5 Å². The zero-order valence-corrected chi connectivity index (χ0v) is 13.5. The van der Waals surface area contributed by atoms with E-state index in [0.29, 0.717) is 23.2 Å². The summed E-state index contributed by atoms with van der Waals surface area (Å²) in [7, 11) is 1.56. The Hall–Kier alpha value is -1.51. The van der Waals surface area contributed by atoms with Gasteiger partial charge < -0.3 is 15.4 Å². The van der Waals surface area contributed by atoms with Gasteiger partial charge >= 0.3 is 0 Å². The second-order valence-corrected chi connectivity index (χ2v) is 5.33. The number of carbonyl (C=O) groups excluding carboxylic acids is 1.